The van der Waals surface area contributed by atoms with Gasteiger partial charge in [0.15, 0.2) is 0 Å². The number of rotatable bonds is 1. The van der Waals surface area contributed by atoms with E-state index in [4.69, 9.17) is 0 Å². The van der Waals surface area contributed by atoms with Crippen LogP contribution in [0.3, 0.4) is 0 Å². The molecule has 2 rings (SSSR count). The van der Waals surface area contributed by atoms with E-state index >= 15 is 0 Å². The fourth-order valence-electron chi connectivity index (χ4n) is 1.55. The average Bonchev–Trinajstić information content (AvgIpc) is 2.26. The third-order valence-corrected chi connectivity index (χ3v) is 2.23. The van der Waals surface area contributed by atoms with Crippen LogP contribution in [0.25, 0.3) is 10.8 Å². The van der Waals surface area contributed by atoms with Crippen molar-refractivity contribution in [2.45, 2.75) is 0 Å². The molecule has 0 spiro atoms. The van der Waals surface area contributed by atoms with E-state index in [0.29, 0.717) is 10.8 Å². The van der Waals surface area contributed by atoms with Crippen LogP contribution in [0, 0.1) is 5.82 Å². The van der Waals surface area contributed by atoms with Crippen LogP contribution >= 0.6 is 0 Å². The van der Waals surface area contributed by atoms with Gasteiger partial charge in [-0.3, -0.25) is 0 Å². The van der Waals surface area contributed by atoms with Gasteiger partial charge in [-0.15, -0.1) is 0 Å². The van der Waals surface area contributed by atoms with E-state index in [2.05, 4.69) is 4.74 Å². The van der Waals surface area contributed by atoms with Crippen LogP contribution in [-0.2, 0) is 4.74 Å². The second-order valence-corrected chi connectivity index (χ2v) is 3.17. The molecule has 0 aromatic heterocycles. The molecule has 0 aliphatic rings. The molecule has 0 amide bonds. The SMILES string of the molecule is COC(=O)c1cc(F)cc2ccccc12. The normalized spacial score (nSPS) is 10.3. The van der Waals surface area contributed by atoms with Crippen molar-refractivity contribution in [2.75, 3.05) is 7.11 Å². The molecule has 2 aromatic carbocycles. The molecule has 3 heteroatoms. The van der Waals surface area contributed by atoms with Crippen molar-refractivity contribution in [2.24, 2.45) is 0 Å². The van der Waals surface area contributed by atoms with E-state index in [1.54, 1.807) is 24.3 Å². The monoisotopic (exact) mass is 204 g/mol. The topological polar surface area (TPSA) is 26.3 Å². The van der Waals surface area contributed by atoms with Gasteiger partial charge in [0.25, 0.3) is 0 Å². The molecule has 0 aliphatic carbocycles. The molecule has 0 saturated carbocycles. The van der Waals surface area contributed by atoms with Gasteiger partial charge in [-0.05, 0) is 22.9 Å². The molecule has 0 radical (unpaired) electrons. The number of carbonyl (C=O) groups is 1. The number of fused-ring (bicyclic) bond motifs is 1. The fourth-order valence-corrected chi connectivity index (χ4v) is 1.55. The zero-order valence-corrected chi connectivity index (χ0v) is 8.16. The molecule has 0 bridgehead atoms. The van der Waals surface area contributed by atoms with Crippen LogP contribution in [0.4, 0.5) is 4.39 Å². The summed E-state index contributed by atoms with van der Waals surface area (Å²) in [7, 11) is 1.28. The predicted molar refractivity (Wildman–Crippen MR) is 55.2 cm³/mol. The van der Waals surface area contributed by atoms with Gasteiger partial charge in [0.05, 0.1) is 12.7 Å². The Bertz CT molecular complexity index is 520. The smallest absolute Gasteiger partial charge is 0.338 e. The maximum atomic E-state index is 13.2. The summed E-state index contributed by atoms with van der Waals surface area (Å²) in [5.74, 6) is -0.959. The summed E-state index contributed by atoms with van der Waals surface area (Å²) >= 11 is 0. The number of benzene rings is 2. The van der Waals surface area contributed by atoms with Crippen molar-refractivity contribution in [3.05, 3.63) is 47.8 Å². The quantitative estimate of drug-likeness (QED) is 0.667. The Kier molecular flexibility index (Phi) is 2.37. The Morgan fingerprint density at radius 2 is 2.00 bits per heavy atom. The van der Waals surface area contributed by atoms with Gasteiger partial charge in [-0.2, -0.15) is 0 Å². The number of carbonyl (C=O) groups excluding carboxylic acids is 1. The number of halogens is 1. The first-order valence-electron chi connectivity index (χ1n) is 4.49. The molecule has 0 heterocycles. The van der Waals surface area contributed by atoms with Gasteiger partial charge >= 0.3 is 5.97 Å². The largest absolute Gasteiger partial charge is 0.465 e. The number of methoxy groups -OCH3 is 1. The minimum Gasteiger partial charge on any atom is -0.465 e. The van der Waals surface area contributed by atoms with Crippen LogP contribution in [0.15, 0.2) is 36.4 Å². The first-order chi connectivity index (χ1) is 7.22. The molecule has 2 aromatic rings. The van der Waals surface area contributed by atoms with Gasteiger partial charge in [0.2, 0.25) is 0 Å². The van der Waals surface area contributed by atoms with Gasteiger partial charge in [-0.25, -0.2) is 9.18 Å². The van der Waals surface area contributed by atoms with Crippen molar-refractivity contribution in [3.63, 3.8) is 0 Å². The van der Waals surface area contributed by atoms with Crippen LogP contribution in [-0.4, -0.2) is 13.1 Å². The second-order valence-electron chi connectivity index (χ2n) is 3.17. The zero-order valence-electron chi connectivity index (χ0n) is 8.16. The lowest BCUT2D eigenvalue weighted by Gasteiger charge is -2.04. The molecule has 0 atom stereocenters. The molecule has 0 fully saturated rings. The number of hydrogen-bond acceptors (Lipinski definition) is 2. The zero-order chi connectivity index (χ0) is 10.8. The summed E-state index contributed by atoms with van der Waals surface area (Å²) in [6, 6.07) is 9.69. The van der Waals surface area contributed by atoms with E-state index in [0.717, 1.165) is 0 Å². The van der Waals surface area contributed by atoms with Crippen LogP contribution in [0.1, 0.15) is 10.4 Å². The Hall–Kier alpha value is -1.90. The van der Waals surface area contributed by atoms with Gasteiger partial charge < -0.3 is 4.74 Å². The lowest BCUT2D eigenvalue weighted by atomic mass is 10.0. The maximum Gasteiger partial charge on any atom is 0.338 e. The number of hydrogen-bond donors (Lipinski definition) is 0. The number of ether oxygens (including phenoxy) is 1. The molecule has 76 valence electrons. The molecule has 15 heavy (non-hydrogen) atoms. The third-order valence-electron chi connectivity index (χ3n) is 2.23. The molecule has 2 nitrogen and oxygen atoms in total. The fraction of sp³-hybridized carbons (Fsp3) is 0.0833. The summed E-state index contributed by atoms with van der Waals surface area (Å²) in [5.41, 5.74) is 0.258. The summed E-state index contributed by atoms with van der Waals surface area (Å²) < 4.78 is 17.8. The summed E-state index contributed by atoms with van der Waals surface area (Å²) in [6.45, 7) is 0. The molecular formula is C12H9FO2. The van der Waals surface area contributed by atoms with Gasteiger partial charge in [0, 0.05) is 0 Å². The second kappa shape index (κ2) is 3.69. The predicted octanol–water partition coefficient (Wildman–Crippen LogP) is 2.77. The van der Waals surface area contributed by atoms with Gasteiger partial charge in [-0.1, -0.05) is 24.3 Å². The summed E-state index contributed by atoms with van der Waals surface area (Å²) in [5, 5.41) is 1.39. The summed E-state index contributed by atoms with van der Waals surface area (Å²) in [4.78, 5) is 11.4. The Labute approximate surface area is 86.3 Å². The Morgan fingerprint density at radius 1 is 1.27 bits per heavy atom. The highest BCUT2D eigenvalue weighted by atomic mass is 19.1. The molecule has 0 unspecified atom stereocenters. The lowest BCUT2D eigenvalue weighted by Crippen LogP contribution is -2.02. The van der Waals surface area contributed by atoms with Crippen molar-refractivity contribution in [1.29, 1.82) is 0 Å². The third kappa shape index (κ3) is 1.68. The highest BCUT2D eigenvalue weighted by molar-refractivity contribution is 6.04. The minimum absolute atomic E-state index is 0.258. The Balaban J connectivity index is 2.76. The average molecular weight is 204 g/mol. The van der Waals surface area contributed by atoms with Crippen LogP contribution in [0.5, 0.6) is 0 Å². The van der Waals surface area contributed by atoms with E-state index in [-0.39, 0.29) is 5.56 Å². The molecule has 0 N–H and O–H groups in total. The lowest BCUT2D eigenvalue weighted by molar-refractivity contribution is 0.0602. The first-order valence-corrected chi connectivity index (χ1v) is 4.49. The van der Waals surface area contributed by atoms with Crippen molar-refractivity contribution < 1.29 is 13.9 Å². The maximum absolute atomic E-state index is 13.2. The first kappa shape index (κ1) is 9.65. The highest BCUT2D eigenvalue weighted by Crippen LogP contribution is 2.21. The highest BCUT2D eigenvalue weighted by Gasteiger charge is 2.11. The van der Waals surface area contributed by atoms with E-state index in [9.17, 15) is 9.18 Å². The number of esters is 1. The van der Waals surface area contributed by atoms with E-state index in [1.807, 2.05) is 0 Å². The van der Waals surface area contributed by atoms with Crippen LogP contribution < -0.4 is 0 Å². The molecule has 0 saturated heterocycles. The van der Waals surface area contributed by atoms with Crippen molar-refractivity contribution in [1.82, 2.24) is 0 Å². The van der Waals surface area contributed by atoms with E-state index in [1.165, 1.54) is 19.2 Å². The Morgan fingerprint density at radius 3 is 2.73 bits per heavy atom. The van der Waals surface area contributed by atoms with Crippen molar-refractivity contribution in [3.8, 4) is 0 Å². The molecule has 0 aliphatic heterocycles. The van der Waals surface area contributed by atoms with Crippen LogP contribution in [0.2, 0.25) is 0 Å². The van der Waals surface area contributed by atoms with E-state index < -0.39 is 11.8 Å². The molecular weight excluding hydrogens is 195 g/mol. The standard InChI is InChI=1S/C12H9FO2/c1-15-12(14)11-7-9(13)6-8-4-2-3-5-10(8)11/h2-7H,1H3. The minimum atomic E-state index is -0.522. The van der Waals surface area contributed by atoms with Gasteiger partial charge in [0.1, 0.15) is 5.82 Å². The summed E-state index contributed by atoms with van der Waals surface area (Å²) in [6.07, 6.45) is 0. The van der Waals surface area contributed by atoms with Crippen molar-refractivity contribution >= 4 is 16.7 Å².